The molecular formula is C19H28N2O. The normalized spacial score (nSPS) is 26.1. The molecule has 3 rings (SSSR count). The number of nitrogens with zero attached hydrogens (tertiary/aromatic N) is 1. The van der Waals surface area contributed by atoms with Gasteiger partial charge >= 0.3 is 0 Å². The van der Waals surface area contributed by atoms with Crippen molar-refractivity contribution in [2.75, 3.05) is 18.4 Å². The number of amides is 1. The van der Waals surface area contributed by atoms with Crippen LogP contribution in [0.1, 0.15) is 49.7 Å². The van der Waals surface area contributed by atoms with Crippen molar-refractivity contribution >= 4 is 11.6 Å². The maximum Gasteiger partial charge on any atom is 0.229 e. The lowest BCUT2D eigenvalue weighted by molar-refractivity contribution is -0.123. The average Bonchev–Trinajstić information content (AvgIpc) is 3.05. The molecule has 1 aliphatic carbocycles. The van der Waals surface area contributed by atoms with E-state index in [1.54, 1.807) is 0 Å². The minimum Gasteiger partial charge on any atom is -0.325 e. The summed E-state index contributed by atoms with van der Waals surface area (Å²) < 4.78 is 0. The summed E-state index contributed by atoms with van der Waals surface area (Å²) in [5, 5.41) is 3.24. The van der Waals surface area contributed by atoms with Gasteiger partial charge in [0.05, 0.1) is 5.92 Å². The molecule has 2 aliphatic rings. The zero-order valence-electron chi connectivity index (χ0n) is 13.9. The van der Waals surface area contributed by atoms with Crippen LogP contribution in [0, 0.1) is 19.8 Å². The standard InChI is InChI=1S/C19H28N2O/c1-14-8-7-9-15(2)18(14)20-19(22)16-10-3-4-11-17(16)21-12-5-6-13-21/h7-9,16-17H,3-6,10-13H2,1-2H3,(H,20,22). The van der Waals surface area contributed by atoms with Gasteiger partial charge in [0.15, 0.2) is 0 Å². The lowest BCUT2D eigenvalue weighted by atomic mass is 9.83. The fourth-order valence-electron chi connectivity index (χ4n) is 4.15. The molecule has 3 heteroatoms. The van der Waals surface area contributed by atoms with Crippen LogP contribution in [-0.4, -0.2) is 29.9 Å². The Kier molecular flexibility index (Phi) is 4.82. The molecule has 1 heterocycles. The van der Waals surface area contributed by atoms with Crippen LogP contribution in [0.3, 0.4) is 0 Å². The van der Waals surface area contributed by atoms with Gasteiger partial charge in [-0.25, -0.2) is 0 Å². The van der Waals surface area contributed by atoms with Gasteiger partial charge in [0.25, 0.3) is 0 Å². The molecular weight excluding hydrogens is 272 g/mol. The highest BCUT2D eigenvalue weighted by Crippen LogP contribution is 2.32. The van der Waals surface area contributed by atoms with E-state index < -0.39 is 0 Å². The van der Waals surface area contributed by atoms with Gasteiger partial charge < -0.3 is 5.32 Å². The first-order valence-electron chi connectivity index (χ1n) is 8.78. The molecule has 1 saturated carbocycles. The molecule has 2 atom stereocenters. The third-order valence-corrected chi connectivity index (χ3v) is 5.41. The van der Waals surface area contributed by atoms with Gasteiger partial charge in [-0.1, -0.05) is 31.0 Å². The van der Waals surface area contributed by atoms with E-state index in [1.165, 1.54) is 45.2 Å². The number of hydrogen-bond donors (Lipinski definition) is 1. The summed E-state index contributed by atoms with van der Waals surface area (Å²) in [6.07, 6.45) is 7.27. The molecule has 0 radical (unpaired) electrons. The number of nitrogens with one attached hydrogen (secondary N) is 1. The van der Waals surface area contributed by atoms with Gasteiger partial charge in [-0.05, 0) is 63.7 Å². The van der Waals surface area contributed by atoms with E-state index in [9.17, 15) is 4.79 Å². The summed E-state index contributed by atoms with van der Waals surface area (Å²) in [5.41, 5.74) is 3.32. The Labute approximate surface area is 134 Å². The van der Waals surface area contributed by atoms with E-state index in [1.807, 2.05) is 6.07 Å². The van der Waals surface area contributed by atoms with Crippen LogP contribution in [-0.2, 0) is 4.79 Å². The maximum absolute atomic E-state index is 12.9. The second kappa shape index (κ2) is 6.82. The summed E-state index contributed by atoms with van der Waals surface area (Å²) in [7, 11) is 0. The molecule has 1 aliphatic heterocycles. The van der Waals surface area contributed by atoms with Crippen molar-refractivity contribution < 1.29 is 4.79 Å². The summed E-state index contributed by atoms with van der Waals surface area (Å²) in [4.78, 5) is 15.5. The quantitative estimate of drug-likeness (QED) is 0.918. The molecule has 1 amide bonds. The van der Waals surface area contributed by atoms with Crippen molar-refractivity contribution in [3.63, 3.8) is 0 Å². The van der Waals surface area contributed by atoms with Crippen molar-refractivity contribution in [3.8, 4) is 0 Å². The van der Waals surface area contributed by atoms with Gasteiger partial charge in [-0.3, -0.25) is 9.69 Å². The van der Waals surface area contributed by atoms with Crippen molar-refractivity contribution in [1.29, 1.82) is 0 Å². The van der Waals surface area contributed by atoms with E-state index in [0.717, 1.165) is 23.2 Å². The maximum atomic E-state index is 12.9. The molecule has 2 unspecified atom stereocenters. The highest BCUT2D eigenvalue weighted by atomic mass is 16.1. The van der Waals surface area contributed by atoms with Crippen molar-refractivity contribution in [2.24, 2.45) is 5.92 Å². The number of hydrogen-bond acceptors (Lipinski definition) is 2. The SMILES string of the molecule is Cc1cccc(C)c1NC(=O)C1CCCCC1N1CCCC1. The Morgan fingerprint density at radius 2 is 1.68 bits per heavy atom. The number of likely N-dealkylation sites (tertiary alicyclic amines) is 1. The molecule has 1 aromatic rings. The molecule has 0 bridgehead atoms. The van der Waals surface area contributed by atoms with Gasteiger partial charge in [0.2, 0.25) is 5.91 Å². The second-order valence-corrected chi connectivity index (χ2v) is 6.96. The van der Waals surface area contributed by atoms with Crippen molar-refractivity contribution in [2.45, 2.75) is 58.4 Å². The van der Waals surface area contributed by atoms with Crippen LogP contribution in [0.4, 0.5) is 5.69 Å². The van der Waals surface area contributed by atoms with Crippen LogP contribution in [0.5, 0.6) is 0 Å². The van der Waals surface area contributed by atoms with E-state index in [0.29, 0.717) is 6.04 Å². The Morgan fingerprint density at radius 1 is 1.05 bits per heavy atom. The van der Waals surface area contributed by atoms with E-state index in [-0.39, 0.29) is 11.8 Å². The zero-order chi connectivity index (χ0) is 15.5. The zero-order valence-corrected chi connectivity index (χ0v) is 13.9. The summed E-state index contributed by atoms with van der Waals surface area (Å²) in [6.45, 7) is 6.50. The molecule has 3 nitrogen and oxygen atoms in total. The van der Waals surface area contributed by atoms with Crippen LogP contribution in [0.15, 0.2) is 18.2 Å². The highest BCUT2D eigenvalue weighted by molar-refractivity contribution is 5.94. The topological polar surface area (TPSA) is 32.3 Å². The Morgan fingerprint density at radius 3 is 2.36 bits per heavy atom. The Hall–Kier alpha value is -1.35. The number of para-hydroxylation sites is 1. The first-order valence-corrected chi connectivity index (χ1v) is 8.78. The summed E-state index contributed by atoms with van der Waals surface area (Å²) >= 11 is 0. The molecule has 1 aromatic carbocycles. The number of carbonyl (C=O) groups excluding carboxylic acids is 1. The van der Waals surface area contributed by atoms with E-state index in [4.69, 9.17) is 0 Å². The Balaban J connectivity index is 1.74. The number of carbonyl (C=O) groups is 1. The third-order valence-electron chi connectivity index (χ3n) is 5.41. The van der Waals surface area contributed by atoms with E-state index >= 15 is 0 Å². The second-order valence-electron chi connectivity index (χ2n) is 6.96. The number of anilines is 1. The monoisotopic (exact) mass is 300 g/mol. The molecule has 2 fully saturated rings. The highest BCUT2D eigenvalue weighted by Gasteiger charge is 2.35. The number of benzene rings is 1. The minimum atomic E-state index is 0.158. The van der Waals surface area contributed by atoms with Crippen molar-refractivity contribution in [3.05, 3.63) is 29.3 Å². The van der Waals surface area contributed by atoms with E-state index in [2.05, 4.69) is 36.2 Å². The van der Waals surface area contributed by atoms with Crippen molar-refractivity contribution in [1.82, 2.24) is 4.90 Å². The first kappa shape index (κ1) is 15.5. The van der Waals surface area contributed by atoms with Crippen LogP contribution >= 0.6 is 0 Å². The molecule has 120 valence electrons. The fourth-order valence-corrected chi connectivity index (χ4v) is 4.15. The molecule has 1 N–H and O–H groups in total. The molecule has 0 aromatic heterocycles. The molecule has 22 heavy (non-hydrogen) atoms. The van der Waals surface area contributed by atoms with Crippen LogP contribution in [0.2, 0.25) is 0 Å². The van der Waals surface area contributed by atoms with Gasteiger partial charge in [0.1, 0.15) is 0 Å². The molecule has 1 saturated heterocycles. The fraction of sp³-hybridized carbons (Fsp3) is 0.632. The third kappa shape index (κ3) is 3.19. The lowest BCUT2D eigenvalue weighted by Crippen LogP contribution is -2.45. The summed E-state index contributed by atoms with van der Waals surface area (Å²) in [6, 6.07) is 6.65. The van der Waals surface area contributed by atoms with Gasteiger partial charge in [-0.2, -0.15) is 0 Å². The predicted molar refractivity (Wildman–Crippen MR) is 91.1 cm³/mol. The Bertz CT molecular complexity index is 514. The van der Waals surface area contributed by atoms with Gasteiger partial charge in [0, 0.05) is 11.7 Å². The predicted octanol–water partition coefficient (Wildman–Crippen LogP) is 3.90. The molecule has 0 spiro atoms. The first-order chi connectivity index (χ1) is 10.7. The van der Waals surface area contributed by atoms with Crippen LogP contribution < -0.4 is 5.32 Å². The minimum absolute atomic E-state index is 0.158. The smallest absolute Gasteiger partial charge is 0.229 e. The largest absolute Gasteiger partial charge is 0.325 e. The summed E-state index contributed by atoms with van der Waals surface area (Å²) in [5.74, 6) is 0.389. The number of rotatable bonds is 3. The lowest BCUT2D eigenvalue weighted by Gasteiger charge is -2.37. The van der Waals surface area contributed by atoms with Crippen LogP contribution in [0.25, 0.3) is 0 Å². The number of aryl methyl sites for hydroxylation is 2. The van der Waals surface area contributed by atoms with Gasteiger partial charge in [-0.15, -0.1) is 0 Å². The average molecular weight is 300 g/mol.